The highest BCUT2D eigenvalue weighted by Gasteiger charge is 2.17. The molecule has 0 fully saturated rings. The number of aliphatic hydroxyl groups is 1. The summed E-state index contributed by atoms with van der Waals surface area (Å²) in [6.45, 7) is 5.49. The first-order valence-corrected chi connectivity index (χ1v) is 5.65. The van der Waals surface area contributed by atoms with E-state index in [1.807, 2.05) is 20.8 Å². The molecule has 0 bridgehead atoms. The molecular weight excluding hydrogens is 277 g/mol. The molecule has 0 saturated heterocycles. The third-order valence-electron chi connectivity index (χ3n) is 1.68. The van der Waals surface area contributed by atoms with Gasteiger partial charge in [-0.3, -0.25) is 0 Å². The minimum Gasteiger partial charge on any atom is -0.351 e. The fraction of sp³-hybridized carbons (Fsp3) is 0.455. The van der Waals surface area contributed by atoms with E-state index in [0.29, 0.717) is 10.2 Å². The normalized spacial score (nSPS) is 13.6. The van der Waals surface area contributed by atoms with E-state index >= 15 is 0 Å². The number of ether oxygens (including phenoxy) is 1. The standard InChI is InChI=1S/C11H15BrFNO2/c1-11(2,3)16-10(15)14-9-5-4-7(13)6-8(9)12/h4-6,10,14-15H,1-3H3. The van der Waals surface area contributed by atoms with Gasteiger partial charge >= 0.3 is 0 Å². The monoisotopic (exact) mass is 291 g/mol. The van der Waals surface area contributed by atoms with Crippen molar-refractivity contribution in [1.82, 2.24) is 0 Å². The van der Waals surface area contributed by atoms with Gasteiger partial charge in [-0.2, -0.15) is 0 Å². The van der Waals surface area contributed by atoms with Crippen LogP contribution in [0.2, 0.25) is 0 Å². The minimum atomic E-state index is -1.14. The van der Waals surface area contributed by atoms with Gasteiger partial charge in [0.1, 0.15) is 5.82 Å². The summed E-state index contributed by atoms with van der Waals surface area (Å²) in [5.74, 6) is -0.344. The van der Waals surface area contributed by atoms with Crippen molar-refractivity contribution in [2.75, 3.05) is 5.32 Å². The molecule has 2 N–H and O–H groups in total. The van der Waals surface area contributed by atoms with Crippen LogP contribution in [0.4, 0.5) is 10.1 Å². The number of hydrogen-bond donors (Lipinski definition) is 2. The largest absolute Gasteiger partial charge is 0.351 e. The Bertz CT molecular complexity index is 365. The number of anilines is 1. The van der Waals surface area contributed by atoms with Crippen LogP contribution >= 0.6 is 15.9 Å². The second-order valence-corrected chi connectivity index (χ2v) is 5.21. The first-order valence-electron chi connectivity index (χ1n) is 4.85. The third kappa shape index (κ3) is 4.47. The fourth-order valence-electron chi connectivity index (χ4n) is 1.10. The Morgan fingerprint density at radius 3 is 2.56 bits per heavy atom. The molecule has 0 radical (unpaired) electrons. The molecule has 1 aromatic rings. The zero-order chi connectivity index (χ0) is 12.3. The molecule has 3 nitrogen and oxygen atoms in total. The topological polar surface area (TPSA) is 41.5 Å². The second kappa shape index (κ2) is 5.12. The van der Waals surface area contributed by atoms with Crippen LogP contribution in [0, 0.1) is 5.82 Å². The summed E-state index contributed by atoms with van der Waals surface area (Å²) in [4.78, 5) is 0. The summed E-state index contributed by atoms with van der Waals surface area (Å²) in [6.07, 6.45) is -1.14. The number of benzene rings is 1. The average molecular weight is 292 g/mol. The van der Waals surface area contributed by atoms with Crippen LogP contribution in [0.1, 0.15) is 20.8 Å². The van der Waals surface area contributed by atoms with E-state index in [0.717, 1.165) is 0 Å². The lowest BCUT2D eigenvalue weighted by Crippen LogP contribution is -2.32. The molecule has 0 aliphatic rings. The third-order valence-corrected chi connectivity index (χ3v) is 2.33. The number of halogens is 2. The lowest BCUT2D eigenvalue weighted by molar-refractivity contribution is -0.148. The van der Waals surface area contributed by atoms with E-state index in [1.165, 1.54) is 18.2 Å². The Morgan fingerprint density at radius 1 is 1.44 bits per heavy atom. The molecule has 0 aliphatic heterocycles. The first-order chi connectivity index (χ1) is 7.28. The summed E-state index contributed by atoms with van der Waals surface area (Å²) in [5.41, 5.74) is 0.108. The molecule has 90 valence electrons. The Balaban J connectivity index is 2.66. The summed E-state index contributed by atoms with van der Waals surface area (Å²) in [6, 6.07) is 4.14. The lowest BCUT2D eigenvalue weighted by atomic mass is 10.2. The van der Waals surface area contributed by atoms with Gasteiger partial charge in [-0.25, -0.2) is 4.39 Å². The predicted octanol–water partition coefficient (Wildman–Crippen LogP) is 3.09. The van der Waals surface area contributed by atoms with Crippen LogP contribution in [0.3, 0.4) is 0 Å². The van der Waals surface area contributed by atoms with E-state index in [1.54, 1.807) is 0 Å². The minimum absolute atomic E-state index is 0.344. The molecule has 5 heteroatoms. The van der Waals surface area contributed by atoms with Crippen molar-refractivity contribution in [2.24, 2.45) is 0 Å². The van der Waals surface area contributed by atoms with E-state index < -0.39 is 12.0 Å². The zero-order valence-electron chi connectivity index (χ0n) is 9.42. The molecule has 1 aromatic carbocycles. The van der Waals surface area contributed by atoms with Gasteiger partial charge in [0.05, 0.1) is 11.3 Å². The molecule has 0 heterocycles. The zero-order valence-corrected chi connectivity index (χ0v) is 11.0. The van der Waals surface area contributed by atoms with Crippen molar-refractivity contribution in [3.05, 3.63) is 28.5 Å². The van der Waals surface area contributed by atoms with Gasteiger partial charge in [0.25, 0.3) is 0 Å². The Hall–Kier alpha value is -0.650. The Morgan fingerprint density at radius 2 is 2.06 bits per heavy atom. The second-order valence-electron chi connectivity index (χ2n) is 4.35. The fourth-order valence-corrected chi connectivity index (χ4v) is 1.57. The van der Waals surface area contributed by atoms with E-state index in [4.69, 9.17) is 4.74 Å². The smallest absolute Gasteiger partial charge is 0.235 e. The summed E-state index contributed by atoms with van der Waals surface area (Å²) < 4.78 is 18.6. The van der Waals surface area contributed by atoms with Crippen LogP contribution in [-0.2, 0) is 4.74 Å². The maximum atomic E-state index is 12.8. The van der Waals surface area contributed by atoms with Crippen molar-refractivity contribution in [2.45, 2.75) is 32.8 Å². The van der Waals surface area contributed by atoms with Gasteiger partial charge in [0, 0.05) is 4.47 Å². The summed E-state index contributed by atoms with van der Waals surface area (Å²) in [7, 11) is 0. The summed E-state index contributed by atoms with van der Waals surface area (Å²) >= 11 is 3.19. The number of nitrogens with one attached hydrogen (secondary N) is 1. The van der Waals surface area contributed by atoms with E-state index in [-0.39, 0.29) is 5.82 Å². The van der Waals surface area contributed by atoms with E-state index in [9.17, 15) is 9.50 Å². The van der Waals surface area contributed by atoms with Crippen LogP contribution in [0.15, 0.2) is 22.7 Å². The van der Waals surface area contributed by atoms with Crippen LogP contribution < -0.4 is 5.32 Å². The molecular formula is C11H15BrFNO2. The summed E-state index contributed by atoms with van der Waals surface area (Å²) in [5, 5.41) is 12.3. The van der Waals surface area contributed by atoms with Crippen molar-refractivity contribution >= 4 is 21.6 Å². The number of rotatable bonds is 3. The first kappa shape index (κ1) is 13.4. The van der Waals surface area contributed by atoms with Crippen LogP contribution in [0.25, 0.3) is 0 Å². The van der Waals surface area contributed by atoms with Crippen LogP contribution in [0.5, 0.6) is 0 Å². The Kier molecular flexibility index (Phi) is 4.29. The quantitative estimate of drug-likeness (QED) is 0.841. The van der Waals surface area contributed by atoms with E-state index in [2.05, 4.69) is 21.2 Å². The molecule has 0 aliphatic carbocycles. The van der Waals surface area contributed by atoms with Crippen molar-refractivity contribution in [3.63, 3.8) is 0 Å². The molecule has 1 atom stereocenters. The molecule has 0 saturated carbocycles. The molecule has 1 rings (SSSR count). The van der Waals surface area contributed by atoms with Gasteiger partial charge in [-0.05, 0) is 54.9 Å². The molecule has 0 aromatic heterocycles. The van der Waals surface area contributed by atoms with Crippen LogP contribution in [-0.4, -0.2) is 17.1 Å². The molecule has 0 amide bonds. The highest BCUT2D eigenvalue weighted by Crippen LogP contribution is 2.24. The molecule has 16 heavy (non-hydrogen) atoms. The molecule has 1 unspecified atom stereocenters. The molecule has 0 spiro atoms. The van der Waals surface area contributed by atoms with Gasteiger partial charge in [-0.15, -0.1) is 0 Å². The highest BCUT2D eigenvalue weighted by molar-refractivity contribution is 9.10. The maximum Gasteiger partial charge on any atom is 0.235 e. The number of hydrogen-bond acceptors (Lipinski definition) is 3. The maximum absolute atomic E-state index is 12.8. The van der Waals surface area contributed by atoms with Crippen molar-refractivity contribution < 1.29 is 14.2 Å². The van der Waals surface area contributed by atoms with Gasteiger partial charge in [0.15, 0.2) is 0 Å². The highest BCUT2D eigenvalue weighted by atomic mass is 79.9. The van der Waals surface area contributed by atoms with Gasteiger partial charge in [-0.1, -0.05) is 0 Å². The predicted molar refractivity (Wildman–Crippen MR) is 64.6 cm³/mol. The van der Waals surface area contributed by atoms with Crippen molar-refractivity contribution in [3.8, 4) is 0 Å². The van der Waals surface area contributed by atoms with Gasteiger partial charge in [0.2, 0.25) is 6.41 Å². The Labute approximate surface area is 103 Å². The number of aliphatic hydroxyl groups excluding tert-OH is 1. The SMILES string of the molecule is CC(C)(C)OC(O)Nc1ccc(F)cc1Br. The average Bonchev–Trinajstić information content (AvgIpc) is 2.06. The lowest BCUT2D eigenvalue weighted by Gasteiger charge is -2.25. The van der Waals surface area contributed by atoms with Crippen molar-refractivity contribution in [1.29, 1.82) is 0 Å². The van der Waals surface area contributed by atoms with Gasteiger partial charge < -0.3 is 15.2 Å².